The molecule has 10 heteroatoms. The lowest BCUT2D eigenvalue weighted by Crippen LogP contribution is -2.57. The number of alkyl carbamates (subject to hydrolysis) is 1. The first-order valence-corrected chi connectivity index (χ1v) is 13.0. The quantitative estimate of drug-likeness (QED) is 0.339. The van der Waals surface area contributed by atoms with Crippen molar-refractivity contribution in [1.29, 1.82) is 0 Å². The van der Waals surface area contributed by atoms with Crippen molar-refractivity contribution < 1.29 is 33.8 Å². The van der Waals surface area contributed by atoms with E-state index in [4.69, 9.17) is 9.47 Å². The summed E-state index contributed by atoms with van der Waals surface area (Å²) in [6, 6.07) is -0.385. The molecule has 36 heavy (non-hydrogen) atoms. The summed E-state index contributed by atoms with van der Waals surface area (Å²) < 4.78 is 10.9. The molecule has 0 spiro atoms. The Morgan fingerprint density at radius 2 is 1.72 bits per heavy atom. The van der Waals surface area contributed by atoms with Gasteiger partial charge in [0.25, 0.3) is 0 Å². The Morgan fingerprint density at radius 3 is 2.36 bits per heavy atom. The fourth-order valence-corrected chi connectivity index (χ4v) is 5.33. The second-order valence-corrected chi connectivity index (χ2v) is 10.7. The van der Waals surface area contributed by atoms with Crippen molar-refractivity contribution in [3.05, 3.63) is 0 Å². The molecule has 2 saturated carbocycles. The molecule has 3 fully saturated rings. The third kappa shape index (κ3) is 6.90. The molecule has 4 rings (SSSR count). The van der Waals surface area contributed by atoms with Crippen molar-refractivity contribution in [2.24, 2.45) is 23.2 Å². The maximum absolute atomic E-state index is 12.8. The Morgan fingerprint density at radius 1 is 1.03 bits per heavy atom. The molecular formula is C26H37N3O7. The van der Waals surface area contributed by atoms with E-state index in [0.29, 0.717) is 37.5 Å². The van der Waals surface area contributed by atoms with E-state index < -0.39 is 17.5 Å². The molecule has 1 saturated heterocycles. The largest absolute Gasteiger partial charge is 0.480 e. The molecule has 2 amide bonds. The molecule has 0 radical (unpaired) electrons. The van der Waals surface area contributed by atoms with Crippen LogP contribution in [-0.2, 0) is 23.9 Å². The van der Waals surface area contributed by atoms with Crippen LogP contribution in [0.15, 0.2) is 0 Å². The molecule has 3 aliphatic carbocycles. The van der Waals surface area contributed by atoms with Gasteiger partial charge < -0.3 is 24.8 Å². The SMILES string of the molecule is CC1(C(=O)OCC2CN(C(=O)CCNC(=O)OCC3[C@H]4CCC#CCC[C@@H]34)CCN2CC(=O)O)CC1. The number of aliphatic carboxylic acids is 1. The van der Waals surface area contributed by atoms with Gasteiger partial charge in [0.05, 0.1) is 24.6 Å². The lowest BCUT2D eigenvalue weighted by Gasteiger charge is -2.40. The maximum Gasteiger partial charge on any atom is 0.407 e. The highest BCUT2D eigenvalue weighted by atomic mass is 16.5. The molecule has 0 aromatic carbocycles. The minimum Gasteiger partial charge on any atom is -0.480 e. The van der Waals surface area contributed by atoms with E-state index in [9.17, 15) is 24.3 Å². The number of ether oxygens (including phenoxy) is 2. The summed E-state index contributed by atoms with van der Waals surface area (Å²) in [5.41, 5.74) is -0.424. The number of nitrogens with zero attached hydrogens (tertiary/aromatic N) is 2. The number of nitrogens with one attached hydrogen (secondary N) is 1. The molecule has 4 atom stereocenters. The van der Waals surface area contributed by atoms with Crippen LogP contribution >= 0.6 is 0 Å². The highest BCUT2D eigenvalue weighted by molar-refractivity contribution is 5.79. The molecule has 0 bridgehead atoms. The molecule has 2 unspecified atom stereocenters. The third-order valence-corrected chi connectivity index (χ3v) is 8.05. The predicted octanol–water partition coefficient (Wildman–Crippen LogP) is 1.48. The van der Waals surface area contributed by atoms with Crippen molar-refractivity contribution in [1.82, 2.24) is 15.1 Å². The Hall–Kier alpha value is -2.80. The summed E-state index contributed by atoms with van der Waals surface area (Å²) >= 11 is 0. The summed E-state index contributed by atoms with van der Waals surface area (Å²) in [6.45, 7) is 3.32. The van der Waals surface area contributed by atoms with Crippen molar-refractivity contribution >= 4 is 23.9 Å². The highest BCUT2D eigenvalue weighted by Crippen LogP contribution is 2.52. The first-order chi connectivity index (χ1) is 17.3. The number of fused-ring (bicyclic) bond motifs is 1. The van der Waals surface area contributed by atoms with E-state index in [2.05, 4.69) is 17.2 Å². The van der Waals surface area contributed by atoms with Crippen LogP contribution in [0, 0.1) is 35.0 Å². The van der Waals surface area contributed by atoms with E-state index in [1.165, 1.54) is 0 Å². The first kappa shape index (κ1) is 26.3. The summed E-state index contributed by atoms with van der Waals surface area (Å²) in [4.78, 5) is 51.7. The number of piperazine rings is 1. The van der Waals surface area contributed by atoms with E-state index >= 15 is 0 Å². The fourth-order valence-electron chi connectivity index (χ4n) is 5.33. The molecule has 2 N–H and O–H groups in total. The molecule has 1 heterocycles. The molecule has 10 nitrogen and oxygen atoms in total. The monoisotopic (exact) mass is 503 g/mol. The van der Waals surface area contributed by atoms with Crippen molar-refractivity contribution in [3.63, 3.8) is 0 Å². The van der Waals surface area contributed by atoms with Gasteiger partial charge in [0, 0.05) is 45.4 Å². The Bertz CT molecular complexity index is 904. The van der Waals surface area contributed by atoms with Crippen LogP contribution in [0.1, 0.15) is 51.9 Å². The Labute approximate surface area is 212 Å². The number of hydrogen-bond acceptors (Lipinski definition) is 7. The Kier molecular flexibility index (Phi) is 8.39. The number of esters is 1. The van der Waals surface area contributed by atoms with Gasteiger partial charge in [-0.3, -0.25) is 19.3 Å². The Balaban J connectivity index is 1.16. The van der Waals surface area contributed by atoms with Crippen LogP contribution < -0.4 is 5.32 Å². The fraction of sp³-hybridized carbons (Fsp3) is 0.769. The number of hydrogen-bond donors (Lipinski definition) is 2. The predicted molar refractivity (Wildman–Crippen MR) is 129 cm³/mol. The number of amides is 2. The second kappa shape index (κ2) is 11.5. The zero-order valence-electron chi connectivity index (χ0n) is 21.0. The zero-order chi connectivity index (χ0) is 25.7. The first-order valence-electron chi connectivity index (χ1n) is 13.0. The highest BCUT2D eigenvalue weighted by Gasteiger charge is 2.49. The van der Waals surface area contributed by atoms with Gasteiger partial charge in [0.2, 0.25) is 5.91 Å². The topological polar surface area (TPSA) is 125 Å². The van der Waals surface area contributed by atoms with Crippen LogP contribution in [0.5, 0.6) is 0 Å². The van der Waals surface area contributed by atoms with Gasteiger partial charge in [-0.25, -0.2) is 4.79 Å². The van der Waals surface area contributed by atoms with E-state index in [1.54, 1.807) is 9.80 Å². The minimum atomic E-state index is -0.965. The van der Waals surface area contributed by atoms with E-state index in [1.807, 2.05) is 6.92 Å². The average Bonchev–Trinajstić information content (AvgIpc) is 3.73. The molecule has 0 aromatic rings. The van der Waals surface area contributed by atoms with Crippen molar-refractivity contribution in [3.8, 4) is 11.8 Å². The van der Waals surface area contributed by atoms with Gasteiger partial charge in [0.15, 0.2) is 0 Å². The van der Waals surface area contributed by atoms with Gasteiger partial charge in [0.1, 0.15) is 6.61 Å². The average molecular weight is 504 g/mol. The van der Waals surface area contributed by atoms with Crippen LogP contribution in [0.2, 0.25) is 0 Å². The lowest BCUT2D eigenvalue weighted by atomic mass is 10.1. The third-order valence-electron chi connectivity index (χ3n) is 8.05. The minimum absolute atomic E-state index is 0.0470. The van der Waals surface area contributed by atoms with Crippen molar-refractivity contribution in [2.75, 3.05) is 45.9 Å². The number of rotatable bonds is 10. The van der Waals surface area contributed by atoms with Crippen LogP contribution in [0.25, 0.3) is 0 Å². The lowest BCUT2D eigenvalue weighted by molar-refractivity contribution is -0.153. The second-order valence-electron chi connectivity index (χ2n) is 10.7. The number of carbonyl (C=O) groups excluding carboxylic acids is 3. The normalized spacial score (nSPS) is 28.3. The molecule has 198 valence electrons. The number of carboxylic acids is 1. The molecule has 1 aliphatic heterocycles. The van der Waals surface area contributed by atoms with Gasteiger partial charge in [-0.05, 0) is 50.4 Å². The summed E-state index contributed by atoms with van der Waals surface area (Å²) in [7, 11) is 0. The van der Waals surface area contributed by atoms with Crippen LogP contribution in [-0.4, -0.2) is 90.8 Å². The molecular weight excluding hydrogens is 466 g/mol. The summed E-state index contributed by atoms with van der Waals surface area (Å²) in [5, 5.41) is 11.9. The van der Waals surface area contributed by atoms with Gasteiger partial charge in [-0.1, -0.05) is 0 Å². The van der Waals surface area contributed by atoms with Gasteiger partial charge in [-0.2, -0.15) is 0 Å². The smallest absolute Gasteiger partial charge is 0.407 e. The van der Waals surface area contributed by atoms with Gasteiger partial charge in [-0.15, -0.1) is 11.8 Å². The molecule has 4 aliphatic rings. The van der Waals surface area contributed by atoms with E-state index in [0.717, 1.165) is 38.5 Å². The molecule has 0 aromatic heterocycles. The van der Waals surface area contributed by atoms with Gasteiger partial charge >= 0.3 is 18.0 Å². The van der Waals surface area contributed by atoms with Crippen LogP contribution in [0.4, 0.5) is 4.79 Å². The summed E-state index contributed by atoms with van der Waals surface area (Å²) in [5.74, 6) is 6.59. The zero-order valence-corrected chi connectivity index (χ0v) is 21.0. The van der Waals surface area contributed by atoms with Crippen molar-refractivity contribution in [2.45, 2.75) is 57.9 Å². The number of carbonyl (C=O) groups is 4. The van der Waals surface area contributed by atoms with E-state index in [-0.39, 0.29) is 50.6 Å². The maximum atomic E-state index is 12.8. The van der Waals surface area contributed by atoms with Crippen LogP contribution in [0.3, 0.4) is 0 Å². The number of carboxylic acid groups (broad SMARTS) is 1. The summed E-state index contributed by atoms with van der Waals surface area (Å²) in [6.07, 6.45) is 5.17. The standard InChI is InChI=1S/C26H37N3O7/c1-26(9-10-26)24(33)35-16-18-14-29(13-12-28(18)15-23(31)32)22(30)8-11-27-25(34)36-17-21-19-6-4-2-3-5-7-20(19)21/h18-21H,4-17H2,1H3,(H,27,34)(H,31,32)/t18?,19-,20+,21?.